The molecule has 6 heteroatoms. The summed E-state index contributed by atoms with van der Waals surface area (Å²) < 4.78 is 24.6. The SMILES string of the molecule is CC(C)c1ccc([C@@H](C)NC(=O)c2ccc(CCNS(C)(=O)=O)cc2)cc1. The molecule has 1 amide bonds. The van der Waals surface area contributed by atoms with Crippen LogP contribution in [0.5, 0.6) is 0 Å². The van der Waals surface area contributed by atoms with Gasteiger partial charge in [-0.3, -0.25) is 4.79 Å². The third kappa shape index (κ3) is 6.81. The molecule has 2 rings (SSSR count). The second-order valence-corrected chi connectivity index (χ2v) is 8.96. The Morgan fingerprint density at radius 3 is 2.00 bits per heavy atom. The van der Waals surface area contributed by atoms with Gasteiger partial charge in [0.2, 0.25) is 10.0 Å². The van der Waals surface area contributed by atoms with Crippen molar-refractivity contribution in [2.75, 3.05) is 12.8 Å². The first-order valence-corrected chi connectivity index (χ1v) is 11.0. The summed E-state index contributed by atoms with van der Waals surface area (Å²) in [5.74, 6) is 0.353. The van der Waals surface area contributed by atoms with Gasteiger partial charge in [-0.2, -0.15) is 0 Å². The number of carbonyl (C=O) groups excluding carboxylic acids is 1. The van der Waals surface area contributed by atoms with Crippen LogP contribution in [0.2, 0.25) is 0 Å². The molecule has 1 atom stereocenters. The fourth-order valence-electron chi connectivity index (χ4n) is 2.74. The zero-order valence-electron chi connectivity index (χ0n) is 16.3. The Labute approximate surface area is 162 Å². The fourth-order valence-corrected chi connectivity index (χ4v) is 3.21. The fraction of sp³-hybridized carbons (Fsp3) is 0.381. The Hall–Kier alpha value is -2.18. The summed E-state index contributed by atoms with van der Waals surface area (Å²) in [5.41, 5.74) is 3.90. The number of benzene rings is 2. The maximum atomic E-state index is 12.5. The van der Waals surface area contributed by atoms with Crippen LogP contribution in [0.25, 0.3) is 0 Å². The summed E-state index contributed by atoms with van der Waals surface area (Å²) in [6.45, 7) is 6.61. The minimum Gasteiger partial charge on any atom is -0.346 e. The van der Waals surface area contributed by atoms with Crippen molar-refractivity contribution in [2.24, 2.45) is 0 Å². The lowest BCUT2D eigenvalue weighted by Crippen LogP contribution is -2.26. The van der Waals surface area contributed by atoms with E-state index < -0.39 is 10.0 Å². The van der Waals surface area contributed by atoms with Crippen molar-refractivity contribution in [2.45, 2.75) is 39.2 Å². The van der Waals surface area contributed by atoms with Crippen LogP contribution in [-0.4, -0.2) is 27.1 Å². The maximum absolute atomic E-state index is 12.5. The minimum absolute atomic E-state index is 0.0858. The highest BCUT2D eigenvalue weighted by Gasteiger charge is 2.12. The zero-order chi connectivity index (χ0) is 20.0. The van der Waals surface area contributed by atoms with Crippen LogP contribution in [0, 0.1) is 0 Å². The van der Waals surface area contributed by atoms with Gasteiger partial charge in [0.1, 0.15) is 0 Å². The Balaban J connectivity index is 1.93. The number of sulfonamides is 1. The van der Waals surface area contributed by atoms with E-state index in [1.807, 2.05) is 19.1 Å². The van der Waals surface area contributed by atoms with E-state index in [0.717, 1.165) is 17.4 Å². The van der Waals surface area contributed by atoms with Gasteiger partial charge in [0.05, 0.1) is 12.3 Å². The van der Waals surface area contributed by atoms with Gasteiger partial charge >= 0.3 is 0 Å². The van der Waals surface area contributed by atoms with Gasteiger partial charge in [-0.25, -0.2) is 13.1 Å². The van der Waals surface area contributed by atoms with Gasteiger partial charge in [0, 0.05) is 12.1 Å². The molecule has 2 aromatic carbocycles. The van der Waals surface area contributed by atoms with Gasteiger partial charge in [0.25, 0.3) is 5.91 Å². The lowest BCUT2D eigenvalue weighted by Gasteiger charge is -2.16. The Morgan fingerprint density at radius 2 is 1.48 bits per heavy atom. The molecule has 0 saturated heterocycles. The molecular formula is C21H28N2O3S. The van der Waals surface area contributed by atoms with Gasteiger partial charge in [-0.15, -0.1) is 0 Å². The molecule has 0 aromatic heterocycles. The molecule has 0 radical (unpaired) electrons. The van der Waals surface area contributed by atoms with E-state index in [-0.39, 0.29) is 11.9 Å². The van der Waals surface area contributed by atoms with E-state index in [9.17, 15) is 13.2 Å². The number of amides is 1. The van der Waals surface area contributed by atoms with Crippen molar-refractivity contribution in [3.63, 3.8) is 0 Å². The first-order valence-electron chi connectivity index (χ1n) is 9.10. The summed E-state index contributed by atoms with van der Waals surface area (Å²) in [7, 11) is -3.18. The average molecular weight is 389 g/mol. The quantitative estimate of drug-likeness (QED) is 0.728. The van der Waals surface area contributed by atoms with Crippen molar-refractivity contribution < 1.29 is 13.2 Å². The molecule has 0 unspecified atom stereocenters. The number of nitrogens with one attached hydrogen (secondary N) is 2. The predicted octanol–water partition coefficient (Wildman–Crippen LogP) is 3.39. The highest BCUT2D eigenvalue weighted by atomic mass is 32.2. The summed E-state index contributed by atoms with van der Waals surface area (Å²) in [5, 5.41) is 3.01. The molecule has 0 aliphatic rings. The molecule has 0 aliphatic heterocycles. The van der Waals surface area contributed by atoms with E-state index in [1.165, 1.54) is 5.56 Å². The molecule has 5 nitrogen and oxygen atoms in total. The smallest absolute Gasteiger partial charge is 0.251 e. The highest BCUT2D eigenvalue weighted by Crippen LogP contribution is 2.19. The Morgan fingerprint density at radius 1 is 0.926 bits per heavy atom. The molecule has 0 bridgehead atoms. The Kier molecular flexibility index (Phi) is 7.16. The van der Waals surface area contributed by atoms with Gasteiger partial charge in [-0.1, -0.05) is 50.2 Å². The largest absolute Gasteiger partial charge is 0.346 e. The van der Waals surface area contributed by atoms with Gasteiger partial charge in [0.15, 0.2) is 0 Å². The molecule has 0 heterocycles. The number of carbonyl (C=O) groups is 1. The highest BCUT2D eigenvalue weighted by molar-refractivity contribution is 7.88. The molecular weight excluding hydrogens is 360 g/mol. The first kappa shape index (κ1) is 21.1. The van der Waals surface area contributed by atoms with Crippen molar-refractivity contribution in [3.8, 4) is 0 Å². The number of hydrogen-bond donors (Lipinski definition) is 2. The van der Waals surface area contributed by atoms with Crippen molar-refractivity contribution >= 4 is 15.9 Å². The molecule has 0 spiro atoms. The molecule has 146 valence electrons. The average Bonchev–Trinajstić information content (AvgIpc) is 2.61. The summed E-state index contributed by atoms with van der Waals surface area (Å²) in [6, 6.07) is 15.4. The monoisotopic (exact) mass is 388 g/mol. The van der Waals surface area contributed by atoms with E-state index in [4.69, 9.17) is 0 Å². The third-order valence-corrected chi connectivity index (χ3v) is 5.17. The van der Waals surface area contributed by atoms with Crippen LogP contribution in [0.15, 0.2) is 48.5 Å². The second-order valence-electron chi connectivity index (χ2n) is 7.13. The summed E-state index contributed by atoms with van der Waals surface area (Å²) >= 11 is 0. The van der Waals surface area contributed by atoms with Crippen LogP contribution in [-0.2, 0) is 16.4 Å². The summed E-state index contributed by atoms with van der Waals surface area (Å²) in [6.07, 6.45) is 1.71. The number of hydrogen-bond acceptors (Lipinski definition) is 3. The van der Waals surface area contributed by atoms with Crippen molar-refractivity contribution in [1.82, 2.24) is 10.0 Å². The third-order valence-electron chi connectivity index (χ3n) is 4.44. The van der Waals surface area contributed by atoms with E-state index >= 15 is 0 Å². The summed E-state index contributed by atoms with van der Waals surface area (Å²) in [4.78, 5) is 12.5. The topological polar surface area (TPSA) is 75.3 Å². The van der Waals surface area contributed by atoms with E-state index in [2.05, 4.69) is 48.2 Å². The van der Waals surface area contributed by atoms with Crippen molar-refractivity contribution in [1.29, 1.82) is 0 Å². The van der Waals surface area contributed by atoms with Crippen molar-refractivity contribution in [3.05, 3.63) is 70.8 Å². The zero-order valence-corrected chi connectivity index (χ0v) is 17.1. The van der Waals surface area contributed by atoms with E-state index in [0.29, 0.717) is 24.4 Å². The molecule has 2 N–H and O–H groups in total. The van der Waals surface area contributed by atoms with E-state index in [1.54, 1.807) is 12.1 Å². The normalized spacial score (nSPS) is 12.8. The van der Waals surface area contributed by atoms with Gasteiger partial charge in [-0.05, 0) is 48.1 Å². The van der Waals surface area contributed by atoms with Crippen LogP contribution in [0.1, 0.15) is 59.8 Å². The minimum atomic E-state index is -3.18. The molecule has 2 aromatic rings. The molecule has 0 fully saturated rings. The van der Waals surface area contributed by atoms with Crippen LogP contribution >= 0.6 is 0 Å². The van der Waals surface area contributed by atoms with Crippen LogP contribution in [0.3, 0.4) is 0 Å². The predicted molar refractivity (Wildman–Crippen MR) is 109 cm³/mol. The molecule has 0 aliphatic carbocycles. The lowest BCUT2D eigenvalue weighted by atomic mass is 9.99. The standard InChI is InChI=1S/C21H28N2O3S/c1-15(2)18-9-11-19(12-10-18)16(3)23-21(24)20-7-5-17(6-8-20)13-14-22-27(4,25)26/h5-12,15-16,22H,13-14H2,1-4H3,(H,23,24)/t16-/m1/s1. The molecule has 0 saturated carbocycles. The number of rotatable bonds is 8. The maximum Gasteiger partial charge on any atom is 0.251 e. The van der Waals surface area contributed by atoms with Gasteiger partial charge < -0.3 is 5.32 Å². The van der Waals surface area contributed by atoms with Crippen LogP contribution < -0.4 is 10.0 Å². The van der Waals surface area contributed by atoms with Crippen LogP contribution in [0.4, 0.5) is 0 Å². The lowest BCUT2D eigenvalue weighted by molar-refractivity contribution is 0.0940. The Bertz CT molecular complexity index is 857. The molecule has 27 heavy (non-hydrogen) atoms. The second kappa shape index (κ2) is 9.15. The first-order chi connectivity index (χ1) is 12.7.